The summed E-state index contributed by atoms with van der Waals surface area (Å²) in [6, 6.07) is 9.31. The Kier molecular flexibility index (Phi) is 5.91. The zero-order valence-corrected chi connectivity index (χ0v) is 15.9. The van der Waals surface area contributed by atoms with Crippen LogP contribution in [0, 0.1) is 0 Å². The van der Waals surface area contributed by atoms with Gasteiger partial charge in [-0.25, -0.2) is 0 Å². The first kappa shape index (κ1) is 18.1. The first-order valence-corrected chi connectivity index (χ1v) is 9.38. The van der Waals surface area contributed by atoms with Crippen LogP contribution in [0.1, 0.15) is 10.4 Å². The summed E-state index contributed by atoms with van der Waals surface area (Å²) in [6.07, 6.45) is 1.58. The van der Waals surface area contributed by atoms with Gasteiger partial charge in [-0.2, -0.15) is 0 Å². The van der Waals surface area contributed by atoms with Crippen LogP contribution < -0.4 is 5.43 Å². The van der Waals surface area contributed by atoms with E-state index in [1.165, 1.54) is 4.88 Å². The van der Waals surface area contributed by atoms with E-state index in [-0.39, 0.29) is 5.43 Å². The highest BCUT2D eigenvalue weighted by Crippen LogP contribution is 2.18. The second kappa shape index (κ2) is 8.15. The van der Waals surface area contributed by atoms with Gasteiger partial charge in [0.2, 0.25) is 0 Å². The van der Waals surface area contributed by atoms with E-state index in [1.807, 2.05) is 0 Å². The summed E-state index contributed by atoms with van der Waals surface area (Å²) in [5, 5.41) is 3.15. The second-order valence-electron chi connectivity index (χ2n) is 6.32. The summed E-state index contributed by atoms with van der Waals surface area (Å²) < 4.78 is 5.65. The molecule has 2 aromatic heterocycles. The SMILES string of the molecule is CN(C)CCN(Cc1cccs1)Cc1coc2ccc(Cl)cc2c1=O. The van der Waals surface area contributed by atoms with Crippen molar-refractivity contribution in [1.82, 2.24) is 9.80 Å². The predicted octanol–water partition coefficient (Wildman–Crippen LogP) is 4.07. The molecule has 132 valence electrons. The third kappa shape index (κ3) is 4.70. The number of hydrogen-bond acceptors (Lipinski definition) is 5. The summed E-state index contributed by atoms with van der Waals surface area (Å²) >= 11 is 7.76. The lowest BCUT2D eigenvalue weighted by molar-refractivity contribution is 0.226. The van der Waals surface area contributed by atoms with E-state index in [1.54, 1.807) is 35.8 Å². The molecule has 0 amide bonds. The Hall–Kier alpha value is -1.66. The molecular formula is C19H21ClN2O2S. The number of thiophene rings is 1. The molecular weight excluding hydrogens is 356 g/mol. The van der Waals surface area contributed by atoms with Crippen LogP contribution >= 0.6 is 22.9 Å². The van der Waals surface area contributed by atoms with E-state index in [2.05, 4.69) is 41.4 Å². The fourth-order valence-electron chi connectivity index (χ4n) is 2.67. The van der Waals surface area contributed by atoms with E-state index in [4.69, 9.17) is 16.0 Å². The number of rotatable bonds is 7. The van der Waals surface area contributed by atoms with Crippen LogP contribution in [0.4, 0.5) is 0 Å². The van der Waals surface area contributed by atoms with Crippen molar-refractivity contribution in [3.63, 3.8) is 0 Å². The topological polar surface area (TPSA) is 36.7 Å². The smallest absolute Gasteiger partial charge is 0.197 e. The Morgan fingerprint density at radius 3 is 2.72 bits per heavy atom. The Morgan fingerprint density at radius 1 is 1.16 bits per heavy atom. The molecule has 25 heavy (non-hydrogen) atoms. The summed E-state index contributed by atoms with van der Waals surface area (Å²) in [5.74, 6) is 0. The molecule has 0 unspecified atom stereocenters. The molecule has 1 aromatic carbocycles. The lowest BCUT2D eigenvalue weighted by Crippen LogP contribution is -2.32. The van der Waals surface area contributed by atoms with Crippen LogP contribution in [0.3, 0.4) is 0 Å². The molecule has 2 heterocycles. The van der Waals surface area contributed by atoms with Crippen molar-refractivity contribution in [2.24, 2.45) is 0 Å². The summed E-state index contributed by atoms with van der Waals surface area (Å²) in [4.78, 5) is 18.5. The minimum atomic E-state index is -0.00946. The highest BCUT2D eigenvalue weighted by atomic mass is 35.5. The molecule has 0 saturated heterocycles. The summed E-state index contributed by atoms with van der Waals surface area (Å²) in [7, 11) is 4.10. The van der Waals surface area contributed by atoms with Gasteiger partial charge in [-0.1, -0.05) is 17.7 Å². The molecule has 4 nitrogen and oxygen atoms in total. The third-order valence-electron chi connectivity index (χ3n) is 4.02. The van der Waals surface area contributed by atoms with E-state index in [9.17, 15) is 4.79 Å². The zero-order valence-electron chi connectivity index (χ0n) is 14.4. The molecule has 0 radical (unpaired) electrons. The molecule has 3 rings (SSSR count). The summed E-state index contributed by atoms with van der Waals surface area (Å²) in [6.45, 7) is 3.17. The third-order valence-corrected chi connectivity index (χ3v) is 5.12. The fraction of sp³-hybridized carbons (Fsp3) is 0.316. The Labute approximate surface area is 156 Å². The number of benzene rings is 1. The van der Waals surface area contributed by atoms with Crippen molar-refractivity contribution < 1.29 is 4.42 Å². The maximum atomic E-state index is 12.8. The minimum absolute atomic E-state index is 0.00946. The molecule has 0 aliphatic rings. The number of nitrogens with zero attached hydrogens (tertiary/aromatic N) is 2. The highest BCUT2D eigenvalue weighted by molar-refractivity contribution is 7.09. The highest BCUT2D eigenvalue weighted by Gasteiger charge is 2.13. The Morgan fingerprint density at radius 2 is 2.00 bits per heavy atom. The lowest BCUT2D eigenvalue weighted by Gasteiger charge is -2.23. The monoisotopic (exact) mass is 376 g/mol. The largest absolute Gasteiger partial charge is 0.464 e. The van der Waals surface area contributed by atoms with Gasteiger partial charge in [-0.05, 0) is 43.7 Å². The van der Waals surface area contributed by atoms with Gasteiger partial charge in [0.15, 0.2) is 5.43 Å². The van der Waals surface area contributed by atoms with Gasteiger partial charge in [-0.3, -0.25) is 9.69 Å². The average molecular weight is 377 g/mol. The molecule has 0 spiro atoms. The van der Waals surface area contributed by atoms with Crippen LogP contribution in [0.2, 0.25) is 5.02 Å². The van der Waals surface area contributed by atoms with Gasteiger partial charge < -0.3 is 9.32 Å². The number of hydrogen-bond donors (Lipinski definition) is 0. The van der Waals surface area contributed by atoms with E-state index >= 15 is 0 Å². The zero-order chi connectivity index (χ0) is 17.8. The fourth-order valence-corrected chi connectivity index (χ4v) is 3.59. The van der Waals surface area contributed by atoms with Gasteiger partial charge in [0.05, 0.1) is 11.6 Å². The van der Waals surface area contributed by atoms with Crippen molar-refractivity contribution in [3.8, 4) is 0 Å². The van der Waals surface area contributed by atoms with E-state index in [0.29, 0.717) is 28.1 Å². The molecule has 3 aromatic rings. The van der Waals surface area contributed by atoms with Crippen molar-refractivity contribution in [1.29, 1.82) is 0 Å². The summed E-state index contributed by atoms with van der Waals surface area (Å²) in [5.41, 5.74) is 1.21. The number of halogens is 1. The maximum absolute atomic E-state index is 12.8. The van der Waals surface area contributed by atoms with E-state index in [0.717, 1.165) is 19.6 Å². The predicted molar refractivity (Wildman–Crippen MR) is 104 cm³/mol. The Balaban J connectivity index is 1.86. The van der Waals surface area contributed by atoms with Crippen molar-refractivity contribution in [2.75, 3.05) is 27.2 Å². The van der Waals surface area contributed by atoms with Crippen LogP contribution in [-0.4, -0.2) is 37.0 Å². The number of fused-ring (bicyclic) bond motifs is 1. The van der Waals surface area contributed by atoms with Crippen molar-refractivity contribution >= 4 is 33.9 Å². The van der Waals surface area contributed by atoms with Crippen LogP contribution in [0.5, 0.6) is 0 Å². The molecule has 0 aliphatic carbocycles. The van der Waals surface area contributed by atoms with Crippen molar-refractivity contribution in [3.05, 3.63) is 67.7 Å². The van der Waals surface area contributed by atoms with Gasteiger partial charge in [0, 0.05) is 41.6 Å². The van der Waals surface area contributed by atoms with Crippen LogP contribution in [0.15, 0.2) is 51.2 Å². The first-order chi connectivity index (χ1) is 12.0. The first-order valence-electron chi connectivity index (χ1n) is 8.12. The van der Waals surface area contributed by atoms with Crippen molar-refractivity contribution in [2.45, 2.75) is 13.1 Å². The molecule has 0 N–H and O–H groups in total. The molecule has 0 aliphatic heterocycles. The average Bonchev–Trinajstić information content (AvgIpc) is 3.08. The normalized spacial score (nSPS) is 11.7. The minimum Gasteiger partial charge on any atom is -0.464 e. The van der Waals surface area contributed by atoms with Gasteiger partial charge >= 0.3 is 0 Å². The molecule has 6 heteroatoms. The van der Waals surface area contributed by atoms with Crippen LogP contribution in [0.25, 0.3) is 11.0 Å². The number of likely N-dealkylation sites (N-methyl/N-ethyl adjacent to an activating group) is 1. The molecule has 0 bridgehead atoms. The van der Waals surface area contributed by atoms with Gasteiger partial charge in [-0.15, -0.1) is 11.3 Å². The Bertz CT molecular complexity index is 890. The standard InChI is InChI=1S/C19H21ClN2O2S/c1-21(2)7-8-22(12-16-4-3-9-25-16)11-14-13-24-18-6-5-15(20)10-17(18)19(14)23/h3-6,9-10,13H,7-8,11-12H2,1-2H3. The van der Waals surface area contributed by atoms with Gasteiger partial charge in [0.1, 0.15) is 5.58 Å². The quantitative estimate of drug-likeness (QED) is 0.622. The second-order valence-corrected chi connectivity index (χ2v) is 7.79. The van der Waals surface area contributed by atoms with Gasteiger partial charge in [0.25, 0.3) is 0 Å². The maximum Gasteiger partial charge on any atom is 0.197 e. The molecule has 0 fully saturated rings. The van der Waals surface area contributed by atoms with E-state index < -0.39 is 0 Å². The molecule has 0 saturated carbocycles. The lowest BCUT2D eigenvalue weighted by atomic mass is 10.1. The molecule has 0 atom stereocenters. The van der Waals surface area contributed by atoms with Crippen LogP contribution in [-0.2, 0) is 13.1 Å².